The lowest BCUT2D eigenvalue weighted by molar-refractivity contribution is -0.137. The minimum absolute atomic E-state index is 0.102. The Hall–Kier alpha value is -4.00. The number of nitrogens with zero attached hydrogens (tertiary/aromatic N) is 5. The fourth-order valence-electron chi connectivity index (χ4n) is 4.66. The molecule has 1 amide bonds. The third kappa shape index (κ3) is 4.67. The van der Waals surface area contributed by atoms with Crippen LogP contribution in [0, 0.1) is 12.5 Å². The number of pyridine rings is 1. The molecule has 2 fully saturated rings. The summed E-state index contributed by atoms with van der Waals surface area (Å²) in [5.41, 5.74) is 0.464. The first-order valence-corrected chi connectivity index (χ1v) is 11.2. The maximum atomic E-state index is 13.9. The lowest BCUT2D eigenvalue weighted by Crippen LogP contribution is -2.48. The molecule has 3 heterocycles. The van der Waals surface area contributed by atoms with Crippen LogP contribution >= 0.6 is 0 Å². The molecule has 0 unspecified atom stereocenters. The molecule has 3 atom stereocenters. The summed E-state index contributed by atoms with van der Waals surface area (Å²) in [6.07, 6.45) is 2.21. The number of aromatic nitrogens is 3. The molecule has 1 saturated heterocycles. The van der Waals surface area contributed by atoms with Crippen LogP contribution in [0.1, 0.15) is 35.2 Å². The molecule has 0 bridgehead atoms. The smallest absolute Gasteiger partial charge is 0.368 e. The largest absolute Gasteiger partial charge is 0.417 e. The van der Waals surface area contributed by atoms with E-state index in [4.69, 9.17) is 6.57 Å². The van der Waals surface area contributed by atoms with Gasteiger partial charge >= 0.3 is 6.18 Å². The van der Waals surface area contributed by atoms with Gasteiger partial charge in [0.1, 0.15) is 5.82 Å². The average molecular weight is 478 g/mol. The molecule has 2 aromatic heterocycles. The zero-order valence-corrected chi connectivity index (χ0v) is 18.5. The number of anilines is 1. The molecular formula is C25H21F3N6O. The molecule has 0 radical (unpaired) electrons. The normalized spacial score (nSPS) is 21.1. The predicted octanol–water partition coefficient (Wildman–Crippen LogP) is 5.21. The second-order valence-electron chi connectivity index (χ2n) is 8.73. The molecule has 1 aliphatic heterocycles. The van der Waals surface area contributed by atoms with Crippen molar-refractivity contribution >= 4 is 17.4 Å². The Balaban J connectivity index is 1.40. The molecule has 0 spiro atoms. The van der Waals surface area contributed by atoms with Gasteiger partial charge in [0.2, 0.25) is 0 Å². The van der Waals surface area contributed by atoms with E-state index in [1.807, 2.05) is 4.90 Å². The van der Waals surface area contributed by atoms with Gasteiger partial charge in [-0.05, 0) is 49.4 Å². The van der Waals surface area contributed by atoms with E-state index < -0.39 is 11.7 Å². The number of fused-ring (bicyclic) bond motifs is 1. The first kappa shape index (κ1) is 22.8. The Morgan fingerprint density at radius 2 is 1.94 bits per heavy atom. The maximum absolute atomic E-state index is 13.9. The summed E-state index contributed by atoms with van der Waals surface area (Å²) in [5, 5.41) is 3.09. The molecule has 3 aromatic rings. The van der Waals surface area contributed by atoms with Gasteiger partial charge < -0.3 is 10.2 Å². The van der Waals surface area contributed by atoms with E-state index in [-0.39, 0.29) is 18.0 Å². The van der Waals surface area contributed by atoms with Gasteiger partial charge in [0.05, 0.1) is 12.1 Å². The number of halogens is 3. The Labute approximate surface area is 199 Å². The van der Waals surface area contributed by atoms with Crippen molar-refractivity contribution in [2.24, 2.45) is 5.92 Å². The van der Waals surface area contributed by atoms with Gasteiger partial charge in [-0.1, -0.05) is 12.1 Å². The molecule has 35 heavy (non-hydrogen) atoms. The van der Waals surface area contributed by atoms with Crippen molar-refractivity contribution < 1.29 is 18.0 Å². The SMILES string of the molecule is [C-]#[N+]c1ccc(-c2ncccn2)c(C(=O)N2[C@H](CNc3ccc(C(F)(F)F)cn3)CC[C@H]3C[C@H]32)c1. The molecule has 1 N–H and O–H groups in total. The van der Waals surface area contributed by atoms with Crippen molar-refractivity contribution in [1.82, 2.24) is 19.9 Å². The van der Waals surface area contributed by atoms with Crippen molar-refractivity contribution in [3.05, 3.63) is 77.5 Å². The number of alkyl halides is 3. The third-order valence-corrected chi connectivity index (χ3v) is 6.52. The molecule has 1 saturated carbocycles. The number of likely N-dealkylation sites (tertiary alicyclic amines) is 1. The van der Waals surface area contributed by atoms with Crippen molar-refractivity contribution in [2.75, 3.05) is 11.9 Å². The predicted molar refractivity (Wildman–Crippen MR) is 123 cm³/mol. The molecule has 7 nitrogen and oxygen atoms in total. The number of carbonyl (C=O) groups excluding carboxylic acids is 1. The number of hydrogen-bond donors (Lipinski definition) is 1. The lowest BCUT2D eigenvalue weighted by Gasteiger charge is -2.36. The Kier molecular flexibility index (Phi) is 5.84. The maximum Gasteiger partial charge on any atom is 0.417 e. The Bertz CT molecular complexity index is 1270. The van der Waals surface area contributed by atoms with E-state index in [0.717, 1.165) is 31.5 Å². The highest BCUT2D eigenvalue weighted by atomic mass is 19.4. The second kappa shape index (κ2) is 8.98. The quantitative estimate of drug-likeness (QED) is 0.510. The zero-order chi connectivity index (χ0) is 24.6. The highest BCUT2D eigenvalue weighted by molar-refractivity contribution is 6.01. The molecule has 178 valence electrons. The summed E-state index contributed by atoms with van der Waals surface area (Å²) in [4.78, 5) is 31.7. The minimum atomic E-state index is -4.45. The first-order chi connectivity index (χ1) is 16.8. The Morgan fingerprint density at radius 1 is 1.14 bits per heavy atom. The van der Waals surface area contributed by atoms with E-state index in [2.05, 4.69) is 25.1 Å². The zero-order valence-electron chi connectivity index (χ0n) is 18.5. The highest BCUT2D eigenvalue weighted by Crippen LogP contribution is 2.46. The van der Waals surface area contributed by atoms with Crippen LogP contribution in [0.5, 0.6) is 0 Å². The minimum Gasteiger partial charge on any atom is -0.368 e. The van der Waals surface area contributed by atoms with Gasteiger partial charge in [-0.3, -0.25) is 4.79 Å². The fraction of sp³-hybridized carbons (Fsp3) is 0.320. The summed E-state index contributed by atoms with van der Waals surface area (Å²) >= 11 is 0. The summed E-state index contributed by atoms with van der Waals surface area (Å²) in [5.74, 6) is 0.967. The van der Waals surface area contributed by atoms with Gasteiger partial charge in [-0.2, -0.15) is 13.2 Å². The van der Waals surface area contributed by atoms with Gasteiger partial charge in [0.15, 0.2) is 11.5 Å². The topological polar surface area (TPSA) is 75.4 Å². The lowest BCUT2D eigenvalue weighted by atomic mass is 9.98. The number of piperidine rings is 1. The monoisotopic (exact) mass is 478 g/mol. The van der Waals surface area contributed by atoms with Crippen molar-refractivity contribution in [3.8, 4) is 11.4 Å². The number of hydrogen-bond acceptors (Lipinski definition) is 5. The van der Waals surface area contributed by atoms with Crippen LogP contribution in [0.15, 0.2) is 55.0 Å². The first-order valence-electron chi connectivity index (χ1n) is 11.2. The second-order valence-corrected chi connectivity index (χ2v) is 8.73. The molecule has 10 heteroatoms. The van der Waals surface area contributed by atoms with E-state index in [0.29, 0.717) is 40.9 Å². The molecule has 2 aliphatic rings. The van der Waals surface area contributed by atoms with E-state index >= 15 is 0 Å². The van der Waals surface area contributed by atoms with Gasteiger partial charge in [0, 0.05) is 48.3 Å². The molecule has 1 aliphatic carbocycles. The van der Waals surface area contributed by atoms with E-state index in [1.165, 1.54) is 6.07 Å². The fourth-order valence-corrected chi connectivity index (χ4v) is 4.66. The highest BCUT2D eigenvalue weighted by Gasteiger charge is 2.50. The molecule has 5 rings (SSSR count). The standard InChI is InChI=1S/C25H21F3N6O/c1-29-17-5-7-19(23-30-9-2-10-31-23)20(12-17)24(35)34-18(6-3-15-11-21(15)34)14-33-22-8-4-16(13-32-22)25(26,27)28/h2,4-5,7-10,12-13,15,18,21H,3,6,11,14H2,(H,32,33)/t15-,18-,21+/m0/s1. The number of rotatable bonds is 5. The van der Waals surface area contributed by atoms with Gasteiger partial charge in [-0.25, -0.2) is 19.8 Å². The summed E-state index contributed by atoms with van der Waals surface area (Å²) in [6.45, 7) is 7.74. The third-order valence-electron chi connectivity index (χ3n) is 6.52. The van der Waals surface area contributed by atoms with Crippen LogP contribution in [0.3, 0.4) is 0 Å². The van der Waals surface area contributed by atoms with Crippen molar-refractivity contribution in [1.29, 1.82) is 0 Å². The van der Waals surface area contributed by atoms with Crippen LogP contribution in [0.4, 0.5) is 24.7 Å². The van der Waals surface area contributed by atoms with E-state index in [1.54, 1.807) is 36.7 Å². The average Bonchev–Trinajstić information content (AvgIpc) is 3.66. The molecule has 1 aromatic carbocycles. The Morgan fingerprint density at radius 3 is 2.63 bits per heavy atom. The van der Waals surface area contributed by atoms with Crippen molar-refractivity contribution in [3.63, 3.8) is 0 Å². The molecular weight excluding hydrogens is 457 g/mol. The number of nitrogens with one attached hydrogen (secondary N) is 1. The van der Waals surface area contributed by atoms with Crippen molar-refractivity contribution in [2.45, 2.75) is 37.5 Å². The van der Waals surface area contributed by atoms with Crippen LogP contribution in [-0.2, 0) is 6.18 Å². The van der Waals surface area contributed by atoms with Crippen LogP contribution in [0.2, 0.25) is 0 Å². The van der Waals surface area contributed by atoms with Gasteiger partial charge in [0.25, 0.3) is 5.91 Å². The van der Waals surface area contributed by atoms with Crippen LogP contribution in [-0.4, -0.2) is 44.4 Å². The van der Waals surface area contributed by atoms with Crippen LogP contribution in [0.25, 0.3) is 16.2 Å². The number of amides is 1. The van der Waals surface area contributed by atoms with E-state index in [9.17, 15) is 18.0 Å². The van der Waals surface area contributed by atoms with Crippen LogP contribution < -0.4 is 5.32 Å². The van der Waals surface area contributed by atoms with Gasteiger partial charge in [-0.15, -0.1) is 0 Å². The summed E-state index contributed by atoms with van der Waals surface area (Å²) in [7, 11) is 0. The number of benzene rings is 1. The summed E-state index contributed by atoms with van der Waals surface area (Å²) in [6, 6.07) is 8.81. The number of carbonyl (C=O) groups is 1. The summed E-state index contributed by atoms with van der Waals surface area (Å²) < 4.78 is 38.5.